The van der Waals surface area contributed by atoms with Gasteiger partial charge in [0.1, 0.15) is 6.10 Å². The van der Waals surface area contributed by atoms with Crippen molar-refractivity contribution in [1.29, 1.82) is 0 Å². The third kappa shape index (κ3) is 6.97. The normalized spacial score (nSPS) is 14.0. The molecule has 1 rings (SSSR count). The Hall–Kier alpha value is -1.71. The van der Waals surface area contributed by atoms with Crippen LogP contribution in [0, 0.1) is 0 Å². The maximum Gasteiger partial charge on any atom is 0.450 e. The highest BCUT2D eigenvalue weighted by Crippen LogP contribution is 2.23. The minimum Gasteiger partial charge on any atom is -0.390 e. The first-order valence-electron chi connectivity index (χ1n) is 7.25. The summed E-state index contributed by atoms with van der Waals surface area (Å²) >= 11 is 1.01. The zero-order valence-electron chi connectivity index (χ0n) is 13.2. The van der Waals surface area contributed by atoms with E-state index in [0.29, 0.717) is 5.75 Å². The fourth-order valence-electron chi connectivity index (χ4n) is 1.92. The van der Waals surface area contributed by atoms with Crippen molar-refractivity contribution < 1.29 is 37.8 Å². The average Bonchev–Trinajstić information content (AvgIpc) is 2.52. The molecule has 0 aliphatic heterocycles. The number of alkyl halides is 3. The van der Waals surface area contributed by atoms with E-state index < -0.39 is 36.4 Å². The first-order chi connectivity index (χ1) is 11.5. The van der Waals surface area contributed by atoms with Gasteiger partial charge in [0.25, 0.3) is 0 Å². The van der Waals surface area contributed by atoms with Crippen LogP contribution in [0.1, 0.15) is 41.8 Å². The summed E-state index contributed by atoms with van der Waals surface area (Å²) in [5.41, 5.74) is 0.161. The Morgan fingerprint density at radius 1 is 1.12 bits per heavy atom. The summed E-state index contributed by atoms with van der Waals surface area (Å²) in [6.07, 6.45) is -8.59. The molecule has 2 unspecified atom stereocenters. The highest BCUT2D eigenvalue weighted by molar-refractivity contribution is 8.13. The number of aliphatic hydroxyl groups excluding tert-OH is 2. The molecular formula is C16H17F3O5S. The molecule has 1 aromatic rings. The van der Waals surface area contributed by atoms with Gasteiger partial charge in [-0.15, -0.1) is 0 Å². The van der Waals surface area contributed by atoms with Crippen LogP contribution >= 0.6 is 11.8 Å². The number of rotatable bonds is 8. The summed E-state index contributed by atoms with van der Waals surface area (Å²) in [6, 6.07) is 4.94. The molecule has 0 saturated carbocycles. The van der Waals surface area contributed by atoms with Gasteiger partial charge < -0.3 is 10.2 Å². The maximum atomic E-state index is 12.2. The third-order valence-corrected chi connectivity index (χ3v) is 4.14. The van der Waals surface area contributed by atoms with Crippen molar-refractivity contribution in [2.45, 2.75) is 38.1 Å². The predicted octanol–water partition coefficient (Wildman–Crippen LogP) is 2.45. The molecule has 2 atom stereocenters. The number of aliphatic hydroxyl groups is 2. The summed E-state index contributed by atoms with van der Waals surface area (Å²) in [5.74, 6) is -2.79. The Bertz CT molecular complexity index is 628. The molecule has 25 heavy (non-hydrogen) atoms. The van der Waals surface area contributed by atoms with Crippen molar-refractivity contribution >= 4 is 28.4 Å². The molecular weight excluding hydrogens is 361 g/mol. The number of carbonyl (C=O) groups excluding carboxylic acids is 3. The molecule has 0 spiro atoms. The van der Waals surface area contributed by atoms with Crippen LogP contribution in [-0.2, 0) is 9.59 Å². The molecule has 1 aromatic carbocycles. The van der Waals surface area contributed by atoms with Crippen LogP contribution in [0.2, 0.25) is 0 Å². The summed E-state index contributed by atoms with van der Waals surface area (Å²) in [5, 5.41) is 19.8. The van der Waals surface area contributed by atoms with Gasteiger partial charge in [-0.3, -0.25) is 14.4 Å². The van der Waals surface area contributed by atoms with E-state index in [2.05, 4.69) is 0 Å². The van der Waals surface area contributed by atoms with Crippen LogP contribution in [0.4, 0.5) is 13.2 Å². The average molecular weight is 378 g/mol. The van der Waals surface area contributed by atoms with E-state index in [1.165, 1.54) is 31.2 Å². The number of hydrogen-bond acceptors (Lipinski definition) is 6. The molecule has 9 heteroatoms. The molecule has 0 aliphatic carbocycles. The summed E-state index contributed by atoms with van der Waals surface area (Å²) < 4.78 is 36.5. The molecule has 138 valence electrons. The summed E-state index contributed by atoms with van der Waals surface area (Å²) in [6.45, 7) is 1.38. The van der Waals surface area contributed by atoms with Crippen molar-refractivity contribution in [3.05, 3.63) is 35.4 Å². The monoisotopic (exact) mass is 378 g/mol. The number of benzene rings is 1. The maximum absolute atomic E-state index is 12.2. The van der Waals surface area contributed by atoms with Crippen LogP contribution in [0.25, 0.3) is 0 Å². The highest BCUT2D eigenvalue weighted by Gasteiger charge is 2.39. The molecule has 0 amide bonds. The first-order valence-corrected chi connectivity index (χ1v) is 8.23. The standard InChI is InChI=1S/C16H17F3O5S/c1-9(20)25-7-6-12(21)15(24)11-4-2-10(3-5-11)13(22)8-14(23)16(17,18)19/h2-5,12,15,21,24H,6-8H2,1H3. The molecule has 0 radical (unpaired) electrons. The lowest BCUT2D eigenvalue weighted by Gasteiger charge is -2.18. The Labute approximate surface area is 146 Å². The van der Waals surface area contributed by atoms with Crippen LogP contribution in [0.3, 0.4) is 0 Å². The molecule has 0 saturated heterocycles. The largest absolute Gasteiger partial charge is 0.450 e. The van der Waals surface area contributed by atoms with Crippen LogP contribution < -0.4 is 0 Å². The van der Waals surface area contributed by atoms with Gasteiger partial charge in [-0.2, -0.15) is 13.2 Å². The van der Waals surface area contributed by atoms with E-state index in [9.17, 15) is 37.8 Å². The Morgan fingerprint density at radius 2 is 1.68 bits per heavy atom. The number of halogens is 3. The second-order valence-corrected chi connectivity index (χ2v) is 6.56. The Kier molecular flexibility index (Phi) is 7.78. The number of Topliss-reactive ketones (excluding diaryl/α,β-unsaturated/α-hetero) is 2. The smallest absolute Gasteiger partial charge is 0.390 e. The van der Waals surface area contributed by atoms with Crippen molar-refractivity contribution in [1.82, 2.24) is 0 Å². The molecule has 5 nitrogen and oxygen atoms in total. The fraction of sp³-hybridized carbons (Fsp3) is 0.438. The number of thioether (sulfide) groups is 1. The third-order valence-electron chi connectivity index (χ3n) is 3.29. The SMILES string of the molecule is CC(=O)SCCC(O)C(O)c1ccc(C(=O)CC(=O)C(F)(F)F)cc1. The minimum atomic E-state index is -5.06. The van der Waals surface area contributed by atoms with Gasteiger partial charge in [-0.05, 0) is 12.0 Å². The van der Waals surface area contributed by atoms with Gasteiger partial charge in [0.05, 0.1) is 12.5 Å². The van der Waals surface area contributed by atoms with E-state index in [-0.39, 0.29) is 22.7 Å². The van der Waals surface area contributed by atoms with Crippen molar-refractivity contribution in [2.24, 2.45) is 0 Å². The first kappa shape index (κ1) is 21.3. The van der Waals surface area contributed by atoms with Gasteiger partial charge in [0.2, 0.25) is 5.78 Å². The lowest BCUT2D eigenvalue weighted by Crippen LogP contribution is -2.25. The van der Waals surface area contributed by atoms with Gasteiger partial charge >= 0.3 is 6.18 Å². The second-order valence-electron chi connectivity index (χ2n) is 5.28. The lowest BCUT2D eigenvalue weighted by molar-refractivity contribution is -0.170. The zero-order valence-corrected chi connectivity index (χ0v) is 14.1. The van der Waals surface area contributed by atoms with E-state index in [1.807, 2.05) is 0 Å². The highest BCUT2D eigenvalue weighted by atomic mass is 32.2. The molecule has 0 heterocycles. The molecule has 0 fully saturated rings. The van der Waals surface area contributed by atoms with Crippen LogP contribution in [0.5, 0.6) is 0 Å². The molecule has 2 N–H and O–H groups in total. The fourth-order valence-corrected chi connectivity index (χ4v) is 2.56. The van der Waals surface area contributed by atoms with E-state index in [1.54, 1.807) is 0 Å². The Balaban J connectivity index is 2.67. The zero-order chi connectivity index (χ0) is 19.2. The van der Waals surface area contributed by atoms with Crippen molar-refractivity contribution in [3.8, 4) is 0 Å². The number of hydrogen-bond donors (Lipinski definition) is 2. The number of ketones is 2. The predicted molar refractivity (Wildman–Crippen MR) is 85.2 cm³/mol. The second kappa shape index (κ2) is 9.12. The van der Waals surface area contributed by atoms with Crippen LogP contribution in [-0.4, -0.2) is 44.9 Å². The van der Waals surface area contributed by atoms with Gasteiger partial charge in [-0.1, -0.05) is 36.0 Å². The van der Waals surface area contributed by atoms with E-state index >= 15 is 0 Å². The summed E-state index contributed by atoms with van der Waals surface area (Å²) in [7, 11) is 0. The van der Waals surface area contributed by atoms with Crippen LogP contribution in [0.15, 0.2) is 24.3 Å². The minimum absolute atomic E-state index is 0.102. The van der Waals surface area contributed by atoms with Gasteiger partial charge in [0.15, 0.2) is 10.9 Å². The number of carbonyl (C=O) groups is 3. The lowest BCUT2D eigenvalue weighted by atomic mass is 9.99. The van der Waals surface area contributed by atoms with Crippen molar-refractivity contribution in [2.75, 3.05) is 5.75 Å². The van der Waals surface area contributed by atoms with E-state index in [0.717, 1.165) is 11.8 Å². The quantitative estimate of drug-likeness (QED) is 0.533. The van der Waals surface area contributed by atoms with Crippen molar-refractivity contribution in [3.63, 3.8) is 0 Å². The van der Waals surface area contributed by atoms with E-state index in [4.69, 9.17) is 0 Å². The van der Waals surface area contributed by atoms with Gasteiger partial charge in [0, 0.05) is 18.2 Å². The topological polar surface area (TPSA) is 91.7 Å². The Morgan fingerprint density at radius 3 is 2.16 bits per heavy atom. The summed E-state index contributed by atoms with van der Waals surface area (Å²) in [4.78, 5) is 33.3. The molecule has 0 aromatic heterocycles. The van der Waals surface area contributed by atoms with Gasteiger partial charge in [-0.25, -0.2) is 0 Å². The molecule has 0 aliphatic rings. The molecule has 0 bridgehead atoms.